The van der Waals surface area contributed by atoms with Gasteiger partial charge in [-0.3, -0.25) is 0 Å². The maximum absolute atomic E-state index is 10.8. The molecule has 21 heavy (non-hydrogen) atoms. The van der Waals surface area contributed by atoms with Crippen molar-refractivity contribution >= 4 is 11.9 Å². The summed E-state index contributed by atoms with van der Waals surface area (Å²) in [5.74, 6) is 0.116. The van der Waals surface area contributed by atoms with Gasteiger partial charge in [0.25, 0.3) is 0 Å². The van der Waals surface area contributed by atoms with Crippen molar-refractivity contribution in [3.8, 4) is 5.88 Å². The normalized spacial score (nSPS) is 21.2. The third-order valence-electron chi connectivity index (χ3n) is 3.16. The van der Waals surface area contributed by atoms with Crippen LogP contribution in [0.3, 0.4) is 0 Å². The van der Waals surface area contributed by atoms with E-state index in [1.54, 1.807) is 6.07 Å². The predicted molar refractivity (Wildman–Crippen MR) is 76.6 cm³/mol. The maximum Gasteiger partial charge on any atom is 0.332 e. The van der Waals surface area contributed by atoms with Crippen molar-refractivity contribution in [3.05, 3.63) is 11.8 Å². The van der Waals surface area contributed by atoms with Gasteiger partial charge < -0.3 is 19.9 Å². The second kappa shape index (κ2) is 7.21. The molecule has 1 aromatic heterocycles. The summed E-state index contributed by atoms with van der Waals surface area (Å²) >= 11 is 0. The average Bonchev–Trinajstić information content (AvgIpc) is 2.91. The number of hydrogen-bond acceptors (Lipinski definition) is 6. The first-order valence-corrected chi connectivity index (χ1v) is 7.19. The molecular formula is C14H21N3O4. The van der Waals surface area contributed by atoms with Crippen molar-refractivity contribution in [1.82, 2.24) is 9.97 Å². The number of anilines is 1. The van der Waals surface area contributed by atoms with Gasteiger partial charge in [-0.15, -0.1) is 0 Å². The number of carboxylic acid groups (broad SMARTS) is 1. The highest BCUT2D eigenvalue weighted by Gasteiger charge is 2.30. The first-order chi connectivity index (χ1) is 10.1. The van der Waals surface area contributed by atoms with Crippen molar-refractivity contribution in [1.29, 1.82) is 0 Å². The maximum atomic E-state index is 10.8. The van der Waals surface area contributed by atoms with Crippen LogP contribution in [0.5, 0.6) is 5.88 Å². The standard InChI is InChI=1S/C14H21N3O4/c1-3-6-20-12-7-9(2)16-14(17-12)15-8-10-4-5-11(21-10)13(18)19/h7,10-11H,3-6,8H2,1-2H3,(H,18,19)(H,15,16,17). The van der Waals surface area contributed by atoms with Crippen LogP contribution in [-0.2, 0) is 9.53 Å². The molecular weight excluding hydrogens is 274 g/mol. The summed E-state index contributed by atoms with van der Waals surface area (Å²) in [6, 6.07) is 1.79. The number of nitrogens with zero attached hydrogens (tertiary/aromatic N) is 2. The summed E-state index contributed by atoms with van der Waals surface area (Å²) in [7, 11) is 0. The molecule has 1 aliphatic rings. The minimum atomic E-state index is -0.903. The molecule has 2 rings (SSSR count). The van der Waals surface area contributed by atoms with Crippen LogP contribution >= 0.6 is 0 Å². The van der Waals surface area contributed by atoms with Gasteiger partial charge in [0.2, 0.25) is 11.8 Å². The number of nitrogens with one attached hydrogen (secondary N) is 1. The predicted octanol–water partition coefficient (Wildman–Crippen LogP) is 1.62. The molecule has 2 N–H and O–H groups in total. The average molecular weight is 295 g/mol. The molecule has 2 unspecified atom stereocenters. The molecule has 7 heteroatoms. The fourth-order valence-corrected chi connectivity index (χ4v) is 2.14. The highest BCUT2D eigenvalue weighted by Crippen LogP contribution is 2.20. The van der Waals surface area contributed by atoms with Crippen LogP contribution in [0.2, 0.25) is 0 Å². The van der Waals surface area contributed by atoms with E-state index in [9.17, 15) is 4.79 Å². The fourth-order valence-electron chi connectivity index (χ4n) is 2.14. The molecule has 0 bridgehead atoms. The van der Waals surface area contributed by atoms with E-state index in [1.807, 2.05) is 13.8 Å². The Morgan fingerprint density at radius 1 is 1.52 bits per heavy atom. The van der Waals surface area contributed by atoms with Crippen LogP contribution in [0.4, 0.5) is 5.95 Å². The van der Waals surface area contributed by atoms with Crippen molar-refractivity contribution in [2.45, 2.75) is 45.3 Å². The number of carbonyl (C=O) groups is 1. The smallest absolute Gasteiger partial charge is 0.332 e. The van der Waals surface area contributed by atoms with Gasteiger partial charge in [-0.1, -0.05) is 6.92 Å². The summed E-state index contributed by atoms with van der Waals surface area (Å²) in [4.78, 5) is 19.4. The summed E-state index contributed by atoms with van der Waals surface area (Å²) in [6.45, 7) is 5.00. The molecule has 0 radical (unpaired) electrons. The van der Waals surface area contributed by atoms with E-state index >= 15 is 0 Å². The Morgan fingerprint density at radius 2 is 2.33 bits per heavy atom. The molecule has 1 saturated heterocycles. The Labute approximate surface area is 123 Å². The largest absolute Gasteiger partial charge is 0.479 e. The molecule has 0 saturated carbocycles. The molecule has 7 nitrogen and oxygen atoms in total. The third-order valence-corrected chi connectivity index (χ3v) is 3.16. The van der Waals surface area contributed by atoms with E-state index in [0.717, 1.165) is 18.5 Å². The molecule has 116 valence electrons. The number of aryl methyl sites for hydroxylation is 1. The Morgan fingerprint density at radius 3 is 3.00 bits per heavy atom. The lowest BCUT2D eigenvalue weighted by Gasteiger charge is -2.13. The highest BCUT2D eigenvalue weighted by atomic mass is 16.5. The number of aliphatic carboxylic acids is 1. The van der Waals surface area contributed by atoms with Crippen molar-refractivity contribution in [2.75, 3.05) is 18.5 Å². The lowest BCUT2D eigenvalue weighted by Crippen LogP contribution is -2.25. The molecule has 0 amide bonds. The van der Waals surface area contributed by atoms with Gasteiger partial charge in [0.15, 0.2) is 6.10 Å². The molecule has 2 heterocycles. The van der Waals surface area contributed by atoms with E-state index in [1.165, 1.54) is 0 Å². The van der Waals surface area contributed by atoms with Gasteiger partial charge in [-0.05, 0) is 26.2 Å². The zero-order valence-corrected chi connectivity index (χ0v) is 12.3. The van der Waals surface area contributed by atoms with Gasteiger partial charge in [0, 0.05) is 18.3 Å². The molecule has 0 aromatic carbocycles. The fraction of sp³-hybridized carbons (Fsp3) is 0.643. The quantitative estimate of drug-likeness (QED) is 0.789. The molecule has 0 spiro atoms. The van der Waals surface area contributed by atoms with Gasteiger partial charge in [-0.25, -0.2) is 9.78 Å². The first kappa shape index (κ1) is 15.5. The van der Waals surface area contributed by atoms with E-state index in [-0.39, 0.29) is 6.10 Å². The van der Waals surface area contributed by atoms with Crippen LogP contribution in [0.25, 0.3) is 0 Å². The van der Waals surface area contributed by atoms with E-state index in [2.05, 4.69) is 15.3 Å². The lowest BCUT2D eigenvalue weighted by atomic mass is 10.2. The van der Waals surface area contributed by atoms with E-state index in [4.69, 9.17) is 14.6 Å². The SMILES string of the molecule is CCCOc1cc(C)nc(NCC2CCC(C(=O)O)O2)n1. The van der Waals surface area contributed by atoms with Gasteiger partial charge in [0.05, 0.1) is 12.7 Å². The van der Waals surface area contributed by atoms with Gasteiger partial charge >= 0.3 is 5.97 Å². The van der Waals surface area contributed by atoms with Crippen LogP contribution in [0, 0.1) is 6.92 Å². The van der Waals surface area contributed by atoms with Gasteiger partial charge in [0.1, 0.15) is 0 Å². The number of aromatic nitrogens is 2. The summed E-state index contributed by atoms with van der Waals surface area (Å²) in [5.41, 5.74) is 0.814. The van der Waals surface area contributed by atoms with Crippen LogP contribution in [0.1, 0.15) is 31.9 Å². The number of hydrogen-bond donors (Lipinski definition) is 2. The second-order valence-corrected chi connectivity index (χ2v) is 5.06. The first-order valence-electron chi connectivity index (χ1n) is 7.19. The number of carboxylic acids is 1. The molecule has 1 fully saturated rings. The molecule has 2 atom stereocenters. The highest BCUT2D eigenvalue weighted by molar-refractivity contribution is 5.72. The lowest BCUT2D eigenvalue weighted by molar-refractivity contribution is -0.149. The Kier molecular flexibility index (Phi) is 5.32. The zero-order valence-electron chi connectivity index (χ0n) is 12.3. The Bertz CT molecular complexity index is 495. The summed E-state index contributed by atoms with van der Waals surface area (Å²) in [6.07, 6.45) is 1.35. The molecule has 0 aliphatic carbocycles. The number of rotatable bonds is 7. The molecule has 1 aliphatic heterocycles. The van der Waals surface area contributed by atoms with Crippen molar-refractivity contribution in [3.63, 3.8) is 0 Å². The zero-order chi connectivity index (χ0) is 15.2. The van der Waals surface area contributed by atoms with E-state index in [0.29, 0.717) is 31.4 Å². The Hall–Kier alpha value is -1.89. The summed E-state index contributed by atoms with van der Waals surface area (Å²) in [5, 5.41) is 12.0. The van der Waals surface area contributed by atoms with E-state index < -0.39 is 12.1 Å². The minimum absolute atomic E-state index is 0.129. The van der Waals surface area contributed by atoms with Gasteiger partial charge in [-0.2, -0.15) is 4.98 Å². The van der Waals surface area contributed by atoms with Crippen LogP contribution in [-0.4, -0.2) is 46.4 Å². The van der Waals surface area contributed by atoms with Crippen LogP contribution < -0.4 is 10.1 Å². The van der Waals surface area contributed by atoms with Crippen LogP contribution in [0.15, 0.2) is 6.07 Å². The topological polar surface area (TPSA) is 93.6 Å². The minimum Gasteiger partial charge on any atom is -0.479 e. The van der Waals surface area contributed by atoms with Crippen molar-refractivity contribution in [2.24, 2.45) is 0 Å². The Balaban J connectivity index is 1.88. The third kappa shape index (κ3) is 4.56. The van der Waals surface area contributed by atoms with Crippen molar-refractivity contribution < 1.29 is 19.4 Å². The molecule has 1 aromatic rings. The second-order valence-electron chi connectivity index (χ2n) is 5.06. The summed E-state index contributed by atoms with van der Waals surface area (Å²) < 4.78 is 10.9. The number of ether oxygens (including phenoxy) is 2. The monoisotopic (exact) mass is 295 g/mol.